The van der Waals surface area contributed by atoms with E-state index in [1.165, 1.54) is 19.2 Å². The van der Waals surface area contributed by atoms with Crippen LogP contribution in [0.1, 0.15) is 0 Å². The topological polar surface area (TPSA) is 57.0 Å². The van der Waals surface area contributed by atoms with E-state index < -0.39 is 0 Å². The van der Waals surface area contributed by atoms with Crippen LogP contribution in [0.2, 0.25) is 0 Å². The van der Waals surface area contributed by atoms with Crippen molar-refractivity contribution in [2.75, 3.05) is 7.11 Å². The van der Waals surface area contributed by atoms with Crippen molar-refractivity contribution in [2.45, 2.75) is 0 Å². The molecule has 0 aliphatic rings. The number of para-hydroxylation sites is 1. The van der Waals surface area contributed by atoms with E-state index in [2.05, 4.69) is 0 Å². The van der Waals surface area contributed by atoms with Crippen LogP contribution in [0.25, 0.3) is 0 Å². The third-order valence-electron chi connectivity index (χ3n) is 2.47. The summed E-state index contributed by atoms with van der Waals surface area (Å²) in [5.41, 5.74) is 1.04. The number of hydrogen-bond acceptors (Lipinski definition) is 3. The largest absolute Gasteiger partial charge is 0.623 e. The Morgan fingerprint density at radius 1 is 1.12 bits per heavy atom. The zero-order valence-corrected chi connectivity index (χ0v) is 9.38. The summed E-state index contributed by atoms with van der Waals surface area (Å²) in [6, 6.07) is 13.4. The zero-order chi connectivity index (χ0) is 12.3. The summed E-state index contributed by atoms with van der Waals surface area (Å²) in [4.78, 5) is 0. The van der Waals surface area contributed by atoms with Gasteiger partial charge in [-0.25, -0.2) is 0 Å². The van der Waals surface area contributed by atoms with Gasteiger partial charge in [-0.2, -0.15) is 0 Å². The van der Waals surface area contributed by atoms with Crippen LogP contribution in [0, 0.1) is 5.21 Å². The minimum Gasteiger partial charge on any atom is -0.623 e. The molecule has 0 spiro atoms. The van der Waals surface area contributed by atoms with E-state index in [-0.39, 0.29) is 10.8 Å². The molecule has 0 aliphatic heterocycles. The van der Waals surface area contributed by atoms with Crippen molar-refractivity contribution in [1.29, 1.82) is 0 Å². The average Bonchev–Trinajstić information content (AvgIpc) is 2.39. The fraction of sp³-hybridized carbons (Fsp3) is 0.0769. The Morgan fingerprint density at radius 3 is 2.47 bits per heavy atom. The summed E-state index contributed by atoms with van der Waals surface area (Å²) < 4.78 is 5.09. The quantitative estimate of drug-likeness (QED) is 0.625. The van der Waals surface area contributed by atoms with Crippen molar-refractivity contribution in [3.05, 3.63) is 53.7 Å². The molecule has 0 aliphatic carbocycles. The lowest BCUT2D eigenvalue weighted by atomic mass is 10.2. The average molecular weight is 231 g/mol. The highest BCUT2D eigenvalue weighted by Gasteiger charge is 2.13. The number of quaternary nitrogens is 1. The summed E-state index contributed by atoms with van der Waals surface area (Å²) in [5, 5.41) is 21.4. The Morgan fingerprint density at radius 2 is 1.82 bits per heavy atom. The zero-order valence-electron chi connectivity index (χ0n) is 9.38. The standard InChI is InChI=1S/C13H13NO3/c1-17-13-9-11(15)7-8-12(13)14(16)10-5-3-2-4-6-10/h2-9,14-15H,1H3. The molecular weight excluding hydrogens is 218 g/mol. The first-order chi connectivity index (χ1) is 8.22. The van der Waals surface area contributed by atoms with E-state index in [1.54, 1.807) is 30.3 Å². The molecule has 2 aromatic carbocycles. The molecular formula is C13H13NO3. The fourth-order valence-electron chi connectivity index (χ4n) is 1.61. The Kier molecular flexibility index (Phi) is 3.27. The lowest BCUT2D eigenvalue weighted by Crippen LogP contribution is -2.96. The lowest BCUT2D eigenvalue weighted by Gasteiger charge is -2.22. The normalized spacial score (nSPS) is 12.1. The molecule has 2 rings (SSSR count). The maximum absolute atomic E-state index is 12.2. The molecule has 4 nitrogen and oxygen atoms in total. The predicted octanol–water partition coefficient (Wildman–Crippen LogP) is 1.75. The molecule has 0 amide bonds. The van der Waals surface area contributed by atoms with Crippen molar-refractivity contribution in [1.82, 2.24) is 0 Å². The van der Waals surface area contributed by atoms with Crippen LogP contribution >= 0.6 is 0 Å². The summed E-state index contributed by atoms with van der Waals surface area (Å²) in [7, 11) is 1.47. The van der Waals surface area contributed by atoms with E-state index in [4.69, 9.17) is 4.74 Å². The van der Waals surface area contributed by atoms with Gasteiger partial charge in [0.25, 0.3) is 0 Å². The van der Waals surface area contributed by atoms with Crippen molar-refractivity contribution in [2.24, 2.45) is 0 Å². The van der Waals surface area contributed by atoms with Crippen molar-refractivity contribution in [3.63, 3.8) is 0 Å². The van der Waals surface area contributed by atoms with Gasteiger partial charge in [-0.3, -0.25) is 0 Å². The molecule has 4 heteroatoms. The van der Waals surface area contributed by atoms with E-state index >= 15 is 0 Å². The number of benzene rings is 2. The highest BCUT2D eigenvalue weighted by atomic mass is 16.5. The van der Waals surface area contributed by atoms with Crippen LogP contribution in [0.3, 0.4) is 0 Å². The lowest BCUT2D eigenvalue weighted by molar-refractivity contribution is -0.698. The van der Waals surface area contributed by atoms with Gasteiger partial charge in [0.05, 0.1) is 7.11 Å². The van der Waals surface area contributed by atoms with Crippen LogP contribution in [0.15, 0.2) is 48.5 Å². The molecule has 0 fully saturated rings. The molecule has 1 atom stereocenters. The van der Waals surface area contributed by atoms with Gasteiger partial charge in [-0.1, -0.05) is 18.2 Å². The predicted molar refractivity (Wildman–Crippen MR) is 64.8 cm³/mol. The number of hydrogen-bond donors (Lipinski definition) is 2. The van der Waals surface area contributed by atoms with Gasteiger partial charge in [0.2, 0.25) is 0 Å². The van der Waals surface area contributed by atoms with E-state index in [0.717, 1.165) is 0 Å². The summed E-state index contributed by atoms with van der Waals surface area (Å²) in [5.74, 6) is 0.449. The first-order valence-corrected chi connectivity index (χ1v) is 5.19. The number of ether oxygens (including phenoxy) is 1. The third kappa shape index (κ3) is 2.38. The molecule has 0 aromatic heterocycles. The van der Waals surface area contributed by atoms with Crippen LogP contribution in [0.5, 0.6) is 11.5 Å². The summed E-state index contributed by atoms with van der Waals surface area (Å²) >= 11 is 0. The highest BCUT2D eigenvalue weighted by molar-refractivity contribution is 5.52. The molecule has 2 N–H and O–H groups in total. The van der Waals surface area contributed by atoms with Crippen LogP contribution in [-0.4, -0.2) is 12.2 Å². The Labute approximate surface area is 99.3 Å². The molecule has 0 radical (unpaired) electrons. The monoisotopic (exact) mass is 231 g/mol. The van der Waals surface area contributed by atoms with E-state index in [1.807, 2.05) is 6.07 Å². The van der Waals surface area contributed by atoms with Crippen LogP contribution < -0.4 is 9.80 Å². The highest BCUT2D eigenvalue weighted by Crippen LogP contribution is 2.26. The Bertz CT molecular complexity index is 499. The smallest absolute Gasteiger partial charge is 0.184 e. The molecule has 17 heavy (non-hydrogen) atoms. The molecule has 2 aromatic rings. The van der Waals surface area contributed by atoms with Gasteiger partial charge in [0.1, 0.15) is 11.4 Å². The van der Waals surface area contributed by atoms with Gasteiger partial charge in [-0.15, -0.1) is 0 Å². The number of methoxy groups -OCH3 is 1. The minimum atomic E-state index is -0.123. The second-order valence-electron chi connectivity index (χ2n) is 3.58. The molecule has 1 unspecified atom stereocenters. The van der Waals surface area contributed by atoms with Crippen LogP contribution in [0.4, 0.5) is 11.4 Å². The number of phenolic OH excluding ortho intramolecular Hbond substituents is 1. The number of nitrogens with one attached hydrogen (secondary N) is 1. The van der Waals surface area contributed by atoms with Crippen molar-refractivity contribution < 1.29 is 14.9 Å². The molecule has 0 heterocycles. The maximum Gasteiger partial charge on any atom is 0.184 e. The van der Waals surface area contributed by atoms with Gasteiger partial charge in [0, 0.05) is 12.1 Å². The second kappa shape index (κ2) is 4.86. The first-order valence-electron chi connectivity index (χ1n) is 5.19. The van der Waals surface area contributed by atoms with Gasteiger partial charge >= 0.3 is 0 Å². The van der Waals surface area contributed by atoms with Crippen molar-refractivity contribution >= 4 is 11.4 Å². The molecule has 88 valence electrons. The minimum absolute atomic E-state index is 0.0754. The SMILES string of the molecule is COc1cc(O)ccc1[NH+]([O-])c1ccccc1. The Balaban J connectivity index is 2.40. The third-order valence-corrected chi connectivity index (χ3v) is 2.47. The number of phenols is 1. The van der Waals surface area contributed by atoms with E-state index in [0.29, 0.717) is 17.1 Å². The fourth-order valence-corrected chi connectivity index (χ4v) is 1.61. The summed E-state index contributed by atoms with van der Waals surface area (Å²) in [6.45, 7) is 0. The number of aromatic hydroxyl groups is 1. The van der Waals surface area contributed by atoms with Crippen LogP contribution in [-0.2, 0) is 0 Å². The second-order valence-corrected chi connectivity index (χ2v) is 3.58. The molecule has 0 saturated heterocycles. The molecule has 0 saturated carbocycles. The van der Waals surface area contributed by atoms with E-state index in [9.17, 15) is 10.3 Å². The van der Waals surface area contributed by atoms with Crippen molar-refractivity contribution in [3.8, 4) is 11.5 Å². The molecule has 0 bridgehead atoms. The van der Waals surface area contributed by atoms with Gasteiger partial charge < -0.3 is 20.1 Å². The summed E-state index contributed by atoms with van der Waals surface area (Å²) in [6.07, 6.45) is 0. The maximum atomic E-state index is 12.2. The van der Waals surface area contributed by atoms with Gasteiger partial charge in [-0.05, 0) is 18.2 Å². The number of rotatable bonds is 3. The Hall–Kier alpha value is -2.04. The van der Waals surface area contributed by atoms with Gasteiger partial charge in [0.15, 0.2) is 11.4 Å². The first kappa shape index (κ1) is 11.4.